The van der Waals surface area contributed by atoms with E-state index >= 15 is 0 Å². The summed E-state index contributed by atoms with van der Waals surface area (Å²) < 4.78 is 7.45. The maximum absolute atomic E-state index is 13.6. The SMILES string of the molecule is Cc1nc(N2CCC3(CC2)CO[C@@H](C)C3)c(C(C)C)c(=O)n1-c1cccc(Cl)c1Cl. The second-order valence-corrected chi connectivity index (χ2v) is 9.86. The van der Waals surface area contributed by atoms with Gasteiger partial charge in [0.25, 0.3) is 5.56 Å². The molecule has 2 aliphatic heterocycles. The summed E-state index contributed by atoms with van der Waals surface area (Å²) in [7, 11) is 0. The normalized spacial score (nSPS) is 21.0. The first-order valence-corrected chi connectivity index (χ1v) is 11.4. The van der Waals surface area contributed by atoms with Crippen molar-refractivity contribution in [3.8, 4) is 5.69 Å². The van der Waals surface area contributed by atoms with E-state index in [4.69, 9.17) is 32.9 Å². The number of benzene rings is 1. The Morgan fingerprint density at radius 1 is 1.23 bits per heavy atom. The maximum atomic E-state index is 13.6. The van der Waals surface area contributed by atoms with Gasteiger partial charge in [-0.1, -0.05) is 43.1 Å². The zero-order chi connectivity index (χ0) is 21.6. The van der Waals surface area contributed by atoms with Gasteiger partial charge in [-0.3, -0.25) is 9.36 Å². The van der Waals surface area contributed by atoms with Crippen LogP contribution in [0.15, 0.2) is 23.0 Å². The van der Waals surface area contributed by atoms with Crippen LogP contribution in [-0.4, -0.2) is 35.4 Å². The van der Waals surface area contributed by atoms with E-state index in [0.29, 0.717) is 27.7 Å². The van der Waals surface area contributed by atoms with E-state index in [1.165, 1.54) is 0 Å². The van der Waals surface area contributed by atoms with E-state index in [1.807, 2.05) is 20.8 Å². The molecule has 0 amide bonds. The Balaban J connectivity index is 1.74. The monoisotopic (exact) mass is 449 g/mol. The summed E-state index contributed by atoms with van der Waals surface area (Å²) in [6.45, 7) is 10.7. The maximum Gasteiger partial charge on any atom is 0.263 e. The van der Waals surface area contributed by atoms with Gasteiger partial charge in [0.2, 0.25) is 0 Å². The van der Waals surface area contributed by atoms with Crippen molar-refractivity contribution >= 4 is 29.0 Å². The molecule has 1 aromatic carbocycles. The lowest BCUT2D eigenvalue weighted by atomic mass is 9.77. The predicted octanol–water partition coefficient (Wildman–Crippen LogP) is 5.37. The Bertz CT molecular complexity index is 1010. The highest BCUT2D eigenvalue weighted by Gasteiger charge is 2.41. The average Bonchev–Trinajstić information content (AvgIpc) is 3.05. The highest BCUT2D eigenvalue weighted by Crippen LogP contribution is 2.43. The number of nitrogens with zero attached hydrogens (tertiary/aromatic N) is 3. The Morgan fingerprint density at radius 2 is 1.93 bits per heavy atom. The summed E-state index contributed by atoms with van der Waals surface area (Å²) in [6.07, 6.45) is 3.60. The van der Waals surface area contributed by atoms with E-state index < -0.39 is 0 Å². The molecule has 0 N–H and O–H groups in total. The van der Waals surface area contributed by atoms with Crippen LogP contribution in [0.4, 0.5) is 5.82 Å². The zero-order valence-electron chi connectivity index (χ0n) is 18.0. The number of hydrogen-bond acceptors (Lipinski definition) is 4. The lowest BCUT2D eigenvalue weighted by molar-refractivity contribution is 0.0975. The third-order valence-electron chi connectivity index (χ3n) is 6.53. The van der Waals surface area contributed by atoms with Crippen LogP contribution in [0.25, 0.3) is 5.69 Å². The van der Waals surface area contributed by atoms with Crippen molar-refractivity contribution in [1.29, 1.82) is 0 Å². The number of aromatic nitrogens is 2. The van der Waals surface area contributed by atoms with E-state index in [2.05, 4.69) is 11.8 Å². The van der Waals surface area contributed by atoms with Gasteiger partial charge in [-0.15, -0.1) is 0 Å². The molecule has 1 spiro atoms. The van der Waals surface area contributed by atoms with Crippen molar-refractivity contribution in [3.05, 3.63) is 50.0 Å². The highest BCUT2D eigenvalue weighted by atomic mass is 35.5. The highest BCUT2D eigenvalue weighted by molar-refractivity contribution is 6.43. The Hall–Kier alpha value is -1.56. The summed E-state index contributed by atoms with van der Waals surface area (Å²) in [5.74, 6) is 1.46. The summed E-state index contributed by atoms with van der Waals surface area (Å²) in [4.78, 5) is 20.8. The Morgan fingerprint density at radius 3 is 2.53 bits per heavy atom. The number of anilines is 1. The van der Waals surface area contributed by atoms with Crippen LogP contribution in [0.1, 0.15) is 57.3 Å². The third-order valence-corrected chi connectivity index (χ3v) is 7.34. The molecular formula is C23H29Cl2N3O2. The van der Waals surface area contributed by atoms with Crippen LogP contribution in [0.3, 0.4) is 0 Å². The van der Waals surface area contributed by atoms with Crippen LogP contribution in [0.5, 0.6) is 0 Å². The van der Waals surface area contributed by atoms with Gasteiger partial charge < -0.3 is 9.64 Å². The molecule has 2 saturated heterocycles. The molecule has 2 fully saturated rings. The lowest BCUT2D eigenvalue weighted by Crippen LogP contribution is -2.43. The van der Waals surface area contributed by atoms with Gasteiger partial charge >= 0.3 is 0 Å². The molecule has 1 aromatic heterocycles. The molecule has 2 aromatic rings. The summed E-state index contributed by atoms with van der Waals surface area (Å²) in [6, 6.07) is 5.32. The molecule has 0 saturated carbocycles. The third kappa shape index (κ3) is 3.76. The molecule has 5 nitrogen and oxygen atoms in total. The first kappa shape index (κ1) is 21.7. The molecule has 0 radical (unpaired) electrons. The van der Waals surface area contributed by atoms with Gasteiger partial charge in [0.05, 0.1) is 34.0 Å². The second kappa shape index (κ2) is 8.18. The molecule has 162 valence electrons. The Labute approximate surface area is 188 Å². The van der Waals surface area contributed by atoms with Crippen LogP contribution in [-0.2, 0) is 4.74 Å². The van der Waals surface area contributed by atoms with E-state index in [9.17, 15) is 4.79 Å². The number of ether oxygens (including phenoxy) is 1. The molecule has 0 unspecified atom stereocenters. The van der Waals surface area contributed by atoms with Gasteiger partial charge in [0, 0.05) is 13.1 Å². The number of rotatable bonds is 3. The van der Waals surface area contributed by atoms with Gasteiger partial charge in [-0.25, -0.2) is 4.98 Å². The van der Waals surface area contributed by atoms with Gasteiger partial charge in [-0.2, -0.15) is 0 Å². The van der Waals surface area contributed by atoms with Gasteiger partial charge in [-0.05, 0) is 56.6 Å². The summed E-state index contributed by atoms with van der Waals surface area (Å²) in [5.41, 5.74) is 1.51. The number of hydrogen-bond donors (Lipinski definition) is 0. The van der Waals surface area contributed by atoms with E-state index in [1.54, 1.807) is 22.8 Å². The molecule has 0 bridgehead atoms. The van der Waals surface area contributed by atoms with E-state index in [-0.39, 0.29) is 16.9 Å². The minimum atomic E-state index is -0.0743. The molecule has 3 heterocycles. The molecule has 7 heteroatoms. The lowest BCUT2D eigenvalue weighted by Gasteiger charge is -2.40. The van der Waals surface area contributed by atoms with Crippen molar-refractivity contribution in [3.63, 3.8) is 0 Å². The largest absolute Gasteiger partial charge is 0.378 e. The molecule has 30 heavy (non-hydrogen) atoms. The van der Waals surface area contributed by atoms with Crippen LogP contribution in [0.2, 0.25) is 10.0 Å². The molecule has 4 rings (SSSR count). The molecule has 1 atom stereocenters. The molecule has 0 aliphatic carbocycles. The van der Waals surface area contributed by atoms with Crippen molar-refractivity contribution in [1.82, 2.24) is 9.55 Å². The topological polar surface area (TPSA) is 47.4 Å². The smallest absolute Gasteiger partial charge is 0.263 e. The van der Waals surface area contributed by atoms with Crippen molar-refractivity contribution < 1.29 is 4.74 Å². The minimum Gasteiger partial charge on any atom is -0.378 e. The molecule has 2 aliphatic rings. The van der Waals surface area contributed by atoms with Crippen molar-refractivity contribution in [2.24, 2.45) is 5.41 Å². The standard InChI is InChI=1S/C23H29Cl2N3O2/c1-14(2)19-21(27-10-8-23(9-11-27)12-15(3)30-13-23)26-16(4)28(22(19)29)18-7-5-6-17(24)20(18)25/h5-7,14-15H,8-13H2,1-4H3/t15-/m0/s1. The fourth-order valence-electron chi connectivity index (χ4n) is 4.91. The fourth-order valence-corrected chi connectivity index (χ4v) is 5.29. The molecular weight excluding hydrogens is 421 g/mol. The fraction of sp³-hybridized carbons (Fsp3) is 0.565. The quantitative estimate of drug-likeness (QED) is 0.631. The number of aryl methyl sites for hydroxylation is 1. The van der Waals surface area contributed by atoms with Crippen molar-refractivity contribution in [2.75, 3.05) is 24.6 Å². The van der Waals surface area contributed by atoms with Gasteiger partial charge in [0.15, 0.2) is 0 Å². The summed E-state index contributed by atoms with van der Waals surface area (Å²) >= 11 is 12.6. The van der Waals surface area contributed by atoms with Crippen LogP contribution in [0, 0.1) is 12.3 Å². The minimum absolute atomic E-state index is 0.0375. The first-order chi connectivity index (χ1) is 14.2. The van der Waals surface area contributed by atoms with Crippen molar-refractivity contribution in [2.45, 2.75) is 59.0 Å². The average molecular weight is 450 g/mol. The van der Waals surface area contributed by atoms with E-state index in [0.717, 1.165) is 50.3 Å². The Kier molecular flexibility index (Phi) is 5.90. The van der Waals surface area contributed by atoms with Gasteiger partial charge in [0.1, 0.15) is 11.6 Å². The zero-order valence-corrected chi connectivity index (χ0v) is 19.6. The number of piperidine rings is 1. The predicted molar refractivity (Wildman–Crippen MR) is 123 cm³/mol. The second-order valence-electron chi connectivity index (χ2n) is 9.08. The number of halogens is 2. The summed E-state index contributed by atoms with van der Waals surface area (Å²) in [5, 5.41) is 0.786. The van der Waals surface area contributed by atoms with Crippen LogP contribution < -0.4 is 10.5 Å². The first-order valence-electron chi connectivity index (χ1n) is 10.7. The van der Waals surface area contributed by atoms with Crippen LogP contribution >= 0.6 is 23.2 Å².